The van der Waals surface area contributed by atoms with Gasteiger partial charge in [0.1, 0.15) is 12.5 Å². The molecule has 1 atom stereocenters. The third-order valence-electron chi connectivity index (χ3n) is 6.15. The minimum Gasteiger partial charge on any atom is -0.478 e. The number of benzene rings is 2. The average molecular weight is 546 g/mol. The summed E-state index contributed by atoms with van der Waals surface area (Å²) in [5, 5.41) is 12.3. The van der Waals surface area contributed by atoms with Crippen molar-refractivity contribution in [3.05, 3.63) is 70.8 Å². The van der Waals surface area contributed by atoms with Crippen molar-refractivity contribution < 1.29 is 28.2 Å². The summed E-state index contributed by atoms with van der Waals surface area (Å²) in [6.07, 6.45) is 0.664. The van der Waals surface area contributed by atoms with Gasteiger partial charge in [0, 0.05) is 17.2 Å². The summed E-state index contributed by atoms with van der Waals surface area (Å²) in [6.45, 7) is 5.15. The standard InChI is InChI=1S/C28H33F2N3O4S/c1-4-37-28-32-24(13-29)25(14-31-26(34)20(16-38)11-17(2)3)33(28)15-19-10-9-18(12-23(19)30)21-7-5-6-8-22(21)27(35)36/h5-10,12,17,20,38H,4,11,13-16H2,1-3H3,(H,31,34)(H,35,36)/t20-/m1/s1. The number of aromatic nitrogens is 2. The number of hydrogen-bond donors (Lipinski definition) is 3. The van der Waals surface area contributed by atoms with E-state index in [2.05, 4.69) is 22.9 Å². The number of thiol groups is 1. The van der Waals surface area contributed by atoms with Crippen molar-refractivity contribution in [3.63, 3.8) is 0 Å². The molecule has 0 aliphatic heterocycles. The molecule has 1 amide bonds. The van der Waals surface area contributed by atoms with Gasteiger partial charge in [-0.05, 0) is 42.5 Å². The summed E-state index contributed by atoms with van der Waals surface area (Å²) in [7, 11) is 0. The first-order chi connectivity index (χ1) is 18.2. The van der Waals surface area contributed by atoms with Crippen molar-refractivity contribution in [2.45, 2.75) is 47.0 Å². The zero-order chi connectivity index (χ0) is 27.8. The number of carbonyl (C=O) groups is 2. The Balaban J connectivity index is 1.93. The average Bonchev–Trinajstić information content (AvgIpc) is 3.22. The molecule has 0 spiro atoms. The maximum absolute atomic E-state index is 15.3. The fourth-order valence-electron chi connectivity index (χ4n) is 4.30. The maximum Gasteiger partial charge on any atom is 0.336 e. The van der Waals surface area contributed by atoms with Crippen molar-refractivity contribution in [3.8, 4) is 17.1 Å². The monoisotopic (exact) mass is 545 g/mol. The van der Waals surface area contributed by atoms with Crippen LogP contribution in [-0.4, -0.2) is 38.9 Å². The van der Waals surface area contributed by atoms with Crippen molar-refractivity contribution in [2.75, 3.05) is 12.4 Å². The van der Waals surface area contributed by atoms with E-state index in [1.54, 1.807) is 41.8 Å². The van der Waals surface area contributed by atoms with Crippen LogP contribution in [-0.2, 0) is 24.6 Å². The summed E-state index contributed by atoms with van der Waals surface area (Å²) in [5.41, 5.74) is 1.63. The van der Waals surface area contributed by atoms with Gasteiger partial charge in [-0.3, -0.25) is 9.36 Å². The lowest BCUT2D eigenvalue weighted by atomic mass is 9.98. The quantitative estimate of drug-likeness (QED) is 0.246. The van der Waals surface area contributed by atoms with Gasteiger partial charge in [-0.15, -0.1) is 0 Å². The molecule has 0 radical (unpaired) electrons. The van der Waals surface area contributed by atoms with Crippen molar-refractivity contribution >= 4 is 24.5 Å². The van der Waals surface area contributed by atoms with Gasteiger partial charge in [0.05, 0.1) is 36.6 Å². The molecule has 0 aliphatic carbocycles. The Bertz CT molecular complexity index is 1280. The number of carboxylic acid groups (broad SMARTS) is 1. The Morgan fingerprint density at radius 2 is 1.95 bits per heavy atom. The first-order valence-electron chi connectivity index (χ1n) is 12.5. The fraction of sp³-hybridized carbons (Fsp3) is 0.393. The van der Waals surface area contributed by atoms with E-state index in [1.807, 2.05) is 13.8 Å². The molecule has 0 unspecified atom stereocenters. The SMILES string of the molecule is CCOc1nc(CF)c(CNC(=O)[C@@H](CS)CC(C)C)n1Cc1ccc(-c2ccccc2C(=O)O)cc1F. The van der Waals surface area contributed by atoms with Crippen LogP contribution in [0, 0.1) is 17.7 Å². The number of halogens is 2. The molecule has 2 aromatic carbocycles. The molecule has 0 saturated heterocycles. The Kier molecular flexibility index (Phi) is 10.3. The largest absolute Gasteiger partial charge is 0.478 e. The van der Waals surface area contributed by atoms with Crippen LogP contribution >= 0.6 is 12.6 Å². The molecule has 7 nitrogen and oxygen atoms in total. The van der Waals surface area contributed by atoms with E-state index >= 15 is 4.39 Å². The highest BCUT2D eigenvalue weighted by Gasteiger charge is 2.23. The molecule has 1 heterocycles. The number of alkyl halides is 1. The molecule has 0 bridgehead atoms. The Morgan fingerprint density at radius 1 is 1.21 bits per heavy atom. The predicted octanol–water partition coefficient (Wildman–Crippen LogP) is 5.51. The van der Waals surface area contributed by atoms with Gasteiger partial charge >= 0.3 is 5.97 Å². The fourth-order valence-corrected chi connectivity index (χ4v) is 4.62. The molecule has 0 fully saturated rings. The molecule has 0 aliphatic rings. The van der Waals surface area contributed by atoms with E-state index in [9.17, 15) is 19.1 Å². The molecule has 38 heavy (non-hydrogen) atoms. The lowest BCUT2D eigenvalue weighted by Crippen LogP contribution is -2.33. The van der Waals surface area contributed by atoms with Gasteiger partial charge in [0.2, 0.25) is 5.91 Å². The highest BCUT2D eigenvalue weighted by atomic mass is 32.1. The summed E-state index contributed by atoms with van der Waals surface area (Å²) in [6, 6.07) is 11.0. The molecule has 3 rings (SSSR count). The van der Waals surface area contributed by atoms with Gasteiger partial charge in [-0.2, -0.15) is 17.6 Å². The zero-order valence-electron chi connectivity index (χ0n) is 21.7. The van der Waals surface area contributed by atoms with Crippen molar-refractivity contribution in [2.24, 2.45) is 11.8 Å². The van der Waals surface area contributed by atoms with E-state index < -0.39 is 18.5 Å². The molecule has 1 aromatic heterocycles. The minimum absolute atomic E-state index is 0.00771. The third kappa shape index (κ3) is 6.92. The Labute approximate surface area is 226 Å². The number of rotatable bonds is 13. The predicted molar refractivity (Wildman–Crippen MR) is 145 cm³/mol. The smallest absolute Gasteiger partial charge is 0.336 e. The van der Waals surface area contributed by atoms with Crippen LogP contribution in [0.25, 0.3) is 11.1 Å². The van der Waals surface area contributed by atoms with Crippen molar-refractivity contribution in [1.82, 2.24) is 14.9 Å². The first kappa shape index (κ1) is 29.2. The van der Waals surface area contributed by atoms with Crippen LogP contribution in [0.2, 0.25) is 0 Å². The van der Waals surface area contributed by atoms with Crippen LogP contribution in [0.4, 0.5) is 8.78 Å². The van der Waals surface area contributed by atoms with E-state index in [0.717, 1.165) is 0 Å². The highest BCUT2D eigenvalue weighted by Crippen LogP contribution is 2.28. The molecule has 3 aromatic rings. The van der Waals surface area contributed by atoms with E-state index in [0.29, 0.717) is 34.9 Å². The van der Waals surface area contributed by atoms with Gasteiger partial charge in [0.15, 0.2) is 0 Å². The molecular weight excluding hydrogens is 512 g/mol. The van der Waals surface area contributed by atoms with Crippen LogP contribution in [0.5, 0.6) is 6.01 Å². The number of carbonyl (C=O) groups excluding carboxylic acids is 1. The zero-order valence-corrected chi connectivity index (χ0v) is 22.6. The van der Waals surface area contributed by atoms with Crippen LogP contribution in [0.1, 0.15) is 54.5 Å². The number of nitrogens with zero attached hydrogens (tertiary/aromatic N) is 2. The lowest BCUT2D eigenvalue weighted by Gasteiger charge is -2.18. The highest BCUT2D eigenvalue weighted by molar-refractivity contribution is 7.80. The van der Waals surface area contributed by atoms with E-state index in [1.165, 1.54) is 12.1 Å². The van der Waals surface area contributed by atoms with Gasteiger partial charge in [-0.1, -0.05) is 44.2 Å². The molecule has 204 valence electrons. The second-order valence-corrected chi connectivity index (χ2v) is 9.69. The third-order valence-corrected chi connectivity index (χ3v) is 6.59. The molecule has 10 heteroatoms. The van der Waals surface area contributed by atoms with Crippen molar-refractivity contribution in [1.29, 1.82) is 0 Å². The molecular formula is C28H33F2N3O4S. The Morgan fingerprint density at radius 3 is 2.55 bits per heavy atom. The number of aromatic carboxylic acids is 1. The second kappa shape index (κ2) is 13.4. The Hall–Kier alpha value is -3.40. The summed E-state index contributed by atoms with van der Waals surface area (Å²) in [5.74, 6) is -1.48. The number of carboxylic acids is 1. The molecule has 0 saturated carbocycles. The first-order valence-corrected chi connectivity index (χ1v) is 13.1. The van der Waals surface area contributed by atoms with E-state index in [-0.39, 0.29) is 54.4 Å². The number of hydrogen-bond acceptors (Lipinski definition) is 5. The van der Waals surface area contributed by atoms with Gasteiger partial charge in [0.25, 0.3) is 6.01 Å². The summed E-state index contributed by atoms with van der Waals surface area (Å²) < 4.78 is 36.4. The molecule has 2 N–H and O–H groups in total. The lowest BCUT2D eigenvalue weighted by molar-refractivity contribution is -0.125. The van der Waals surface area contributed by atoms with Crippen LogP contribution in [0.15, 0.2) is 42.5 Å². The maximum atomic E-state index is 15.3. The van der Waals surface area contributed by atoms with E-state index in [4.69, 9.17) is 4.74 Å². The number of nitrogens with one attached hydrogen (secondary N) is 1. The minimum atomic E-state index is -1.11. The summed E-state index contributed by atoms with van der Waals surface area (Å²) >= 11 is 4.30. The topological polar surface area (TPSA) is 93.5 Å². The number of imidazole rings is 1. The number of ether oxygens (including phenoxy) is 1. The summed E-state index contributed by atoms with van der Waals surface area (Å²) in [4.78, 5) is 28.6. The van der Waals surface area contributed by atoms with Crippen LogP contribution < -0.4 is 10.1 Å². The second-order valence-electron chi connectivity index (χ2n) is 9.32. The normalized spacial score (nSPS) is 12.0. The number of amides is 1. The van der Waals surface area contributed by atoms with Gasteiger partial charge in [-0.25, -0.2) is 13.6 Å². The van der Waals surface area contributed by atoms with Crippen LogP contribution in [0.3, 0.4) is 0 Å². The van der Waals surface area contributed by atoms with Gasteiger partial charge < -0.3 is 15.2 Å².